The predicted octanol–water partition coefficient (Wildman–Crippen LogP) is 3.36. The van der Waals surface area contributed by atoms with Crippen molar-refractivity contribution in [1.29, 1.82) is 0 Å². The number of aliphatic hydroxyl groups excluding tert-OH is 1. The number of fused-ring (bicyclic) bond motifs is 1. The van der Waals surface area contributed by atoms with Crippen LogP contribution in [0.15, 0.2) is 24.3 Å². The van der Waals surface area contributed by atoms with Crippen LogP contribution < -0.4 is 4.74 Å². The SMILES string of the molecule is CCOc1ccc(-c2nc(C)c(C(=O)N3C[C@@H]4CC[C@H](O)[C@@H]4C3)s2)cc1. The van der Waals surface area contributed by atoms with E-state index in [9.17, 15) is 9.90 Å². The van der Waals surface area contributed by atoms with E-state index >= 15 is 0 Å². The zero-order valence-corrected chi connectivity index (χ0v) is 16.0. The molecule has 3 atom stereocenters. The van der Waals surface area contributed by atoms with E-state index in [1.807, 2.05) is 43.0 Å². The van der Waals surface area contributed by atoms with Crippen molar-refractivity contribution in [2.24, 2.45) is 11.8 Å². The molecule has 138 valence electrons. The molecule has 0 unspecified atom stereocenters. The van der Waals surface area contributed by atoms with Gasteiger partial charge in [0.25, 0.3) is 5.91 Å². The number of aliphatic hydroxyl groups is 1. The number of thiazole rings is 1. The van der Waals surface area contributed by atoms with E-state index in [0.717, 1.165) is 41.4 Å². The predicted molar refractivity (Wildman–Crippen MR) is 102 cm³/mol. The molecule has 26 heavy (non-hydrogen) atoms. The third-order valence-electron chi connectivity index (χ3n) is 5.51. The lowest BCUT2D eigenvalue weighted by molar-refractivity contribution is 0.0756. The Morgan fingerprint density at radius 3 is 2.77 bits per heavy atom. The molecular formula is C20H24N2O3S. The summed E-state index contributed by atoms with van der Waals surface area (Å²) >= 11 is 1.45. The van der Waals surface area contributed by atoms with Gasteiger partial charge in [-0.25, -0.2) is 4.98 Å². The molecule has 1 saturated heterocycles. The quantitative estimate of drug-likeness (QED) is 0.894. The molecule has 0 bridgehead atoms. The Bertz CT molecular complexity index is 802. The lowest BCUT2D eigenvalue weighted by atomic mass is 10.00. The van der Waals surface area contributed by atoms with Crippen molar-refractivity contribution in [3.05, 3.63) is 34.8 Å². The third kappa shape index (κ3) is 3.12. The van der Waals surface area contributed by atoms with Crippen LogP contribution in [0.1, 0.15) is 35.1 Å². The average Bonchev–Trinajstić information content (AvgIpc) is 3.32. The lowest BCUT2D eigenvalue weighted by Gasteiger charge is -2.17. The van der Waals surface area contributed by atoms with Crippen LogP contribution >= 0.6 is 11.3 Å². The van der Waals surface area contributed by atoms with Crippen molar-refractivity contribution in [3.63, 3.8) is 0 Å². The van der Waals surface area contributed by atoms with E-state index in [4.69, 9.17) is 4.74 Å². The number of aryl methyl sites for hydroxylation is 1. The maximum atomic E-state index is 13.0. The molecule has 0 radical (unpaired) electrons. The van der Waals surface area contributed by atoms with Crippen LogP contribution in [0.4, 0.5) is 0 Å². The van der Waals surface area contributed by atoms with Crippen LogP contribution in [-0.2, 0) is 0 Å². The number of hydrogen-bond acceptors (Lipinski definition) is 5. The molecule has 2 aromatic rings. The second-order valence-electron chi connectivity index (χ2n) is 7.17. The van der Waals surface area contributed by atoms with Crippen LogP contribution in [0, 0.1) is 18.8 Å². The molecule has 2 heterocycles. The van der Waals surface area contributed by atoms with Crippen LogP contribution in [0.2, 0.25) is 0 Å². The van der Waals surface area contributed by atoms with Gasteiger partial charge in [-0.15, -0.1) is 11.3 Å². The molecule has 1 aromatic carbocycles. The first kappa shape index (κ1) is 17.5. The summed E-state index contributed by atoms with van der Waals surface area (Å²) in [7, 11) is 0. The van der Waals surface area contributed by atoms with E-state index in [0.29, 0.717) is 23.9 Å². The number of carbonyl (C=O) groups excluding carboxylic acids is 1. The van der Waals surface area contributed by atoms with E-state index < -0.39 is 0 Å². The fourth-order valence-electron chi connectivity index (χ4n) is 4.12. The number of amides is 1. The number of hydrogen-bond donors (Lipinski definition) is 1. The molecule has 1 aliphatic heterocycles. The first-order valence-electron chi connectivity index (χ1n) is 9.24. The lowest BCUT2D eigenvalue weighted by Crippen LogP contribution is -2.30. The van der Waals surface area contributed by atoms with Crippen molar-refractivity contribution in [1.82, 2.24) is 9.88 Å². The van der Waals surface area contributed by atoms with Gasteiger partial charge in [-0.1, -0.05) is 0 Å². The minimum Gasteiger partial charge on any atom is -0.494 e. The van der Waals surface area contributed by atoms with Crippen molar-refractivity contribution < 1.29 is 14.6 Å². The number of ether oxygens (including phenoxy) is 1. The van der Waals surface area contributed by atoms with Gasteiger partial charge < -0.3 is 14.7 Å². The summed E-state index contributed by atoms with van der Waals surface area (Å²) in [5.41, 5.74) is 1.77. The highest BCUT2D eigenvalue weighted by Crippen LogP contribution is 2.39. The standard InChI is InChI=1S/C20H24N2O3S/c1-3-25-15-7-4-13(5-8-15)19-21-12(2)18(26-19)20(24)22-10-14-6-9-17(23)16(14)11-22/h4-5,7-8,14,16-17,23H,3,6,9-11H2,1-2H3/t14-,16+,17-/m0/s1. The van der Waals surface area contributed by atoms with Crippen LogP contribution in [0.3, 0.4) is 0 Å². The third-order valence-corrected chi connectivity index (χ3v) is 6.70. The highest BCUT2D eigenvalue weighted by atomic mass is 32.1. The molecule has 0 spiro atoms. The van der Waals surface area contributed by atoms with Gasteiger partial charge in [0.15, 0.2) is 0 Å². The van der Waals surface area contributed by atoms with Gasteiger partial charge >= 0.3 is 0 Å². The molecule has 2 aliphatic rings. The smallest absolute Gasteiger partial charge is 0.265 e. The van der Waals surface area contributed by atoms with Gasteiger partial charge in [-0.2, -0.15) is 0 Å². The second kappa shape index (κ2) is 7.00. The van der Waals surface area contributed by atoms with Crippen LogP contribution in [-0.4, -0.2) is 46.7 Å². The first-order valence-corrected chi connectivity index (χ1v) is 10.1. The Balaban J connectivity index is 1.52. The van der Waals surface area contributed by atoms with Crippen LogP contribution in [0.5, 0.6) is 5.75 Å². The zero-order valence-electron chi connectivity index (χ0n) is 15.1. The molecule has 2 fully saturated rings. The normalized spacial score (nSPS) is 24.7. The highest BCUT2D eigenvalue weighted by molar-refractivity contribution is 7.17. The van der Waals surface area contributed by atoms with E-state index in [1.165, 1.54) is 11.3 Å². The summed E-state index contributed by atoms with van der Waals surface area (Å²) in [5.74, 6) is 1.59. The van der Waals surface area contributed by atoms with Gasteiger partial charge in [0, 0.05) is 24.6 Å². The van der Waals surface area contributed by atoms with Crippen molar-refractivity contribution in [2.75, 3.05) is 19.7 Å². The minimum absolute atomic E-state index is 0.0544. The van der Waals surface area contributed by atoms with Gasteiger partial charge in [0.05, 0.1) is 18.4 Å². The minimum atomic E-state index is -0.250. The second-order valence-corrected chi connectivity index (χ2v) is 8.17. The number of nitrogens with zero attached hydrogens (tertiary/aromatic N) is 2. The topological polar surface area (TPSA) is 62.7 Å². The first-order chi connectivity index (χ1) is 12.6. The summed E-state index contributed by atoms with van der Waals surface area (Å²) in [6.07, 6.45) is 1.65. The molecule has 1 aromatic heterocycles. The highest BCUT2D eigenvalue weighted by Gasteiger charge is 2.43. The summed E-state index contributed by atoms with van der Waals surface area (Å²) in [6.45, 7) is 5.92. The Kier molecular flexibility index (Phi) is 4.71. The average molecular weight is 372 g/mol. The summed E-state index contributed by atoms with van der Waals surface area (Å²) < 4.78 is 5.48. The van der Waals surface area contributed by atoms with E-state index in [1.54, 1.807) is 0 Å². The summed E-state index contributed by atoms with van der Waals surface area (Å²) in [4.78, 5) is 20.2. The van der Waals surface area contributed by atoms with Crippen molar-refractivity contribution >= 4 is 17.2 Å². The molecule has 6 heteroatoms. The van der Waals surface area contributed by atoms with Gasteiger partial charge in [0.1, 0.15) is 15.6 Å². The van der Waals surface area contributed by atoms with Gasteiger partial charge in [-0.05, 0) is 56.9 Å². The van der Waals surface area contributed by atoms with E-state index in [2.05, 4.69) is 4.98 Å². The van der Waals surface area contributed by atoms with Crippen LogP contribution in [0.25, 0.3) is 10.6 Å². The number of carbonyl (C=O) groups is 1. The van der Waals surface area contributed by atoms with Crippen molar-refractivity contribution in [3.8, 4) is 16.3 Å². The Morgan fingerprint density at radius 1 is 1.31 bits per heavy atom. The van der Waals surface area contributed by atoms with Crippen molar-refractivity contribution in [2.45, 2.75) is 32.8 Å². The largest absolute Gasteiger partial charge is 0.494 e. The molecule has 4 rings (SSSR count). The Morgan fingerprint density at radius 2 is 2.08 bits per heavy atom. The fourth-order valence-corrected chi connectivity index (χ4v) is 5.16. The fraction of sp³-hybridized carbons (Fsp3) is 0.500. The maximum Gasteiger partial charge on any atom is 0.265 e. The van der Waals surface area contributed by atoms with Gasteiger partial charge in [-0.3, -0.25) is 4.79 Å². The van der Waals surface area contributed by atoms with Gasteiger partial charge in [0.2, 0.25) is 0 Å². The summed E-state index contributed by atoms with van der Waals surface area (Å²) in [5, 5.41) is 10.9. The monoisotopic (exact) mass is 372 g/mol. The Labute approximate surface area is 157 Å². The molecule has 1 saturated carbocycles. The molecule has 1 amide bonds. The molecule has 1 aliphatic carbocycles. The molecule has 5 nitrogen and oxygen atoms in total. The van der Waals surface area contributed by atoms with E-state index in [-0.39, 0.29) is 17.9 Å². The number of benzene rings is 1. The number of rotatable bonds is 4. The number of likely N-dealkylation sites (tertiary alicyclic amines) is 1. The Hall–Kier alpha value is -1.92. The number of aromatic nitrogens is 1. The maximum absolute atomic E-state index is 13.0. The molecular weight excluding hydrogens is 348 g/mol. The zero-order chi connectivity index (χ0) is 18.3. The summed E-state index contributed by atoms with van der Waals surface area (Å²) in [6, 6.07) is 7.82. The molecule has 1 N–H and O–H groups in total.